The third-order valence-electron chi connectivity index (χ3n) is 5.08. The van der Waals surface area contributed by atoms with Gasteiger partial charge in [0, 0.05) is 38.3 Å². The van der Waals surface area contributed by atoms with E-state index in [-0.39, 0.29) is 12.5 Å². The maximum absolute atomic E-state index is 13.0. The highest BCUT2D eigenvalue weighted by Crippen LogP contribution is 2.37. The number of carbonyl (C=O) groups is 3. The number of hydrogen-bond donors (Lipinski definition) is 2. The Hall–Kier alpha value is -2.78. The maximum atomic E-state index is 13.0. The lowest BCUT2D eigenvalue weighted by Crippen LogP contribution is -2.39. The molecule has 0 unspecified atom stereocenters. The van der Waals surface area contributed by atoms with Crippen LogP contribution in [0.1, 0.15) is 18.4 Å². The molecule has 2 heterocycles. The number of nitrogens with one attached hydrogen (secondary N) is 1. The topological polar surface area (TPSA) is 89.9 Å². The number of benzene rings is 1. The van der Waals surface area contributed by atoms with E-state index in [0.29, 0.717) is 24.2 Å². The standard InChI is InChI=1S/C18H20F3N3O4/c19-18(20,21)14-10-23(9-13(14)16(26)27)17(28)22-8-11-3-1-4-12(7-11)24-6-2-5-15(24)25/h1,3-4,7,13-14H,2,5-6,8-10H2,(H,22,28)(H,26,27)/t13-,14-/m1/s1. The summed E-state index contributed by atoms with van der Waals surface area (Å²) in [6.45, 7) is -0.500. The molecule has 2 fully saturated rings. The normalized spacial score (nSPS) is 22.6. The molecule has 1 aromatic rings. The number of amides is 3. The van der Waals surface area contributed by atoms with Gasteiger partial charge in [-0.2, -0.15) is 13.2 Å². The molecule has 0 aromatic heterocycles. The van der Waals surface area contributed by atoms with Crippen molar-refractivity contribution in [2.75, 3.05) is 24.5 Å². The minimum atomic E-state index is -4.69. The van der Waals surface area contributed by atoms with Gasteiger partial charge in [0.1, 0.15) is 0 Å². The molecule has 2 saturated heterocycles. The molecular weight excluding hydrogens is 379 g/mol. The van der Waals surface area contributed by atoms with Crippen molar-refractivity contribution in [1.29, 1.82) is 0 Å². The third-order valence-corrected chi connectivity index (χ3v) is 5.08. The Bertz CT molecular complexity index is 784. The van der Waals surface area contributed by atoms with Crippen LogP contribution in [0.15, 0.2) is 24.3 Å². The van der Waals surface area contributed by atoms with Crippen LogP contribution in [0.3, 0.4) is 0 Å². The molecular formula is C18H20F3N3O4. The lowest BCUT2D eigenvalue weighted by molar-refractivity contribution is -0.187. The minimum absolute atomic E-state index is 0.0242. The second-order valence-electron chi connectivity index (χ2n) is 6.98. The van der Waals surface area contributed by atoms with Crippen molar-refractivity contribution < 1.29 is 32.7 Å². The number of carboxylic acids is 1. The van der Waals surface area contributed by atoms with E-state index in [1.165, 1.54) is 0 Å². The fraction of sp³-hybridized carbons (Fsp3) is 0.500. The molecule has 3 rings (SSSR count). The number of halogens is 3. The lowest BCUT2D eigenvalue weighted by Gasteiger charge is -2.19. The number of aliphatic carboxylic acids is 1. The number of nitrogens with zero attached hydrogens (tertiary/aromatic N) is 2. The second kappa shape index (κ2) is 7.69. The maximum Gasteiger partial charge on any atom is 0.394 e. The van der Waals surface area contributed by atoms with Crippen molar-refractivity contribution >= 4 is 23.6 Å². The van der Waals surface area contributed by atoms with Crippen LogP contribution in [-0.2, 0) is 16.1 Å². The molecule has 0 spiro atoms. The van der Waals surface area contributed by atoms with E-state index in [2.05, 4.69) is 5.32 Å². The number of carbonyl (C=O) groups excluding carboxylic acids is 2. The molecule has 0 aliphatic carbocycles. The number of alkyl halides is 3. The van der Waals surface area contributed by atoms with Crippen molar-refractivity contribution in [1.82, 2.24) is 10.2 Å². The molecule has 10 heteroatoms. The van der Waals surface area contributed by atoms with Crippen LogP contribution in [0.5, 0.6) is 0 Å². The van der Waals surface area contributed by atoms with E-state index >= 15 is 0 Å². The fourth-order valence-electron chi connectivity index (χ4n) is 3.60. The van der Waals surface area contributed by atoms with Gasteiger partial charge < -0.3 is 20.2 Å². The first kappa shape index (κ1) is 20.0. The number of likely N-dealkylation sites (tertiary alicyclic amines) is 1. The predicted molar refractivity (Wildman–Crippen MR) is 92.5 cm³/mol. The Labute approximate surface area is 159 Å². The number of rotatable bonds is 4. The van der Waals surface area contributed by atoms with Crippen LogP contribution in [0.2, 0.25) is 0 Å². The molecule has 2 aliphatic rings. The smallest absolute Gasteiger partial charge is 0.394 e. The Morgan fingerprint density at radius 1 is 1.25 bits per heavy atom. The van der Waals surface area contributed by atoms with Gasteiger partial charge in [-0.15, -0.1) is 0 Å². The van der Waals surface area contributed by atoms with Crippen LogP contribution >= 0.6 is 0 Å². The highest BCUT2D eigenvalue weighted by Gasteiger charge is 2.53. The number of hydrogen-bond acceptors (Lipinski definition) is 3. The Kier molecular flexibility index (Phi) is 5.48. The van der Waals surface area contributed by atoms with Gasteiger partial charge in [0.05, 0.1) is 11.8 Å². The minimum Gasteiger partial charge on any atom is -0.481 e. The summed E-state index contributed by atoms with van der Waals surface area (Å²) in [4.78, 5) is 37.7. The molecule has 0 saturated carbocycles. The van der Waals surface area contributed by atoms with Gasteiger partial charge in [-0.25, -0.2) is 4.79 Å². The summed E-state index contributed by atoms with van der Waals surface area (Å²) in [7, 11) is 0. The highest BCUT2D eigenvalue weighted by molar-refractivity contribution is 5.95. The SMILES string of the molecule is O=C(O)[C@@H]1CN(C(=O)NCc2cccc(N3CCCC3=O)c2)C[C@H]1C(F)(F)F. The van der Waals surface area contributed by atoms with Crippen LogP contribution in [0.4, 0.5) is 23.7 Å². The van der Waals surface area contributed by atoms with E-state index in [9.17, 15) is 27.6 Å². The van der Waals surface area contributed by atoms with Gasteiger partial charge in [0.2, 0.25) is 5.91 Å². The van der Waals surface area contributed by atoms with Gasteiger partial charge >= 0.3 is 18.2 Å². The van der Waals surface area contributed by atoms with Crippen molar-refractivity contribution in [3.8, 4) is 0 Å². The fourth-order valence-corrected chi connectivity index (χ4v) is 3.60. The zero-order valence-electron chi connectivity index (χ0n) is 14.9. The van der Waals surface area contributed by atoms with E-state index in [1.807, 2.05) is 0 Å². The molecule has 7 nitrogen and oxygen atoms in total. The summed E-state index contributed by atoms with van der Waals surface area (Å²) in [6.07, 6.45) is -3.42. The van der Waals surface area contributed by atoms with Crippen LogP contribution in [-0.4, -0.2) is 53.7 Å². The summed E-state index contributed by atoms with van der Waals surface area (Å²) in [5.41, 5.74) is 1.39. The largest absolute Gasteiger partial charge is 0.481 e. The average molecular weight is 399 g/mol. The third kappa shape index (κ3) is 4.20. The van der Waals surface area contributed by atoms with Crippen LogP contribution < -0.4 is 10.2 Å². The Morgan fingerprint density at radius 2 is 2.00 bits per heavy atom. The number of anilines is 1. The molecule has 0 bridgehead atoms. The first-order valence-corrected chi connectivity index (χ1v) is 8.88. The molecule has 2 N–H and O–H groups in total. The zero-order valence-corrected chi connectivity index (χ0v) is 14.9. The molecule has 3 amide bonds. The molecule has 0 radical (unpaired) electrons. The average Bonchev–Trinajstić information content (AvgIpc) is 3.26. The van der Waals surface area contributed by atoms with Crippen LogP contribution in [0, 0.1) is 11.8 Å². The quantitative estimate of drug-likeness (QED) is 0.813. The Morgan fingerprint density at radius 3 is 2.57 bits per heavy atom. The molecule has 28 heavy (non-hydrogen) atoms. The molecule has 2 atom stereocenters. The first-order chi connectivity index (χ1) is 13.2. The van der Waals surface area contributed by atoms with Gasteiger partial charge in [-0.3, -0.25) is 9.59 Å². The van der Waals surface area contributed by atoms with Crippen molar-refractivity contribution in [3.63, 3.8) is 0 Å². The van der Waals surface area contributed by atoms with E-state index in [4.69, 9.17) is 5.11 Å². The van der Waals surface area contributed by atoms with Crippen molar-refractivity contribution in [2.24, 2.45) is 11.8 Å². The highest BCUT2D eigenvalue weighted by atomic mass is 19.4. The monoisotopic (exact) mass is 399 g/mol. The number of carboxylic acid groups (broad SMARTS) is 1. The molecule has 2 aliphatic heterocycles. The van der Waals surface area contributed by atoms with E-state index < -0.39 is 43.1 Å². The van der Waals surface area contributed by atoms with Gasteiger partial charge in [-0.1, -0.05) is 12.1 Å². The summed E-state index contributed by atoms with van der Waals surface area (Å²) in [5.74, 6) is -5.30. The van der Waals surface area contributed by atoms with Crippen molar-refractivity contribution in [3.05, 3.63) is 29.8 Å². The van der Waals surface area contributed by atoms with Crippen molar-refractivity contribution in [2.45, 2.75) is 25.6 Å². The number of urea groups is 1. The van der Waals surface area contributed by atoms with Gasteiger partial charge in [0.25, 0.3) is 0 Å². The van der Waals surface area contributed by atoms with Crippen LogP contribution in [0.25, 0.3) is 0 Å². The van der Waals surface area contributed by atoms with Gasteiger partial charge in [0.15, 0.2) is 0 Å². The Balaban J connectivity index is 1.61. The first-order valence-electron chi connectivity index (χ1n) is 8.88. The summed E-state index contributed by atoms with van der Waals surface area (Å²) in [6, 6.07) is 6.23. The summed E-state index contributed by atoms with van der Waals surface area (Å²) < 4.78 is 39.1. The predicted octanol–water partition coefficient (Wildman–Crippen LogP) is 2.22. The molecule has 1 aromatic carbocycles. The lowest BCUT2D eigenvalue weighted by atomic mass is 9.96. The van der Waals surface area contributed by atoms with E-state index in [1.54, 1.807) is 29.2 Å². The van der Waals surface area contributed by atoms with Gasteiger partial charge in [-0.05, 0) is 24.1 Å². The summed E-state index contributed by atoms with van der Waals surface area (Å²) >= 11 is 0. The van der Waals surface area contributed by atoms with E-state index in [0.717, 1.165) is 11.3 Å². The summed E-state index contributed by atoms with van der Waals surface area (Å²) in [5, 5.41) is 11.5. The zero-order chi connectivity index (χ0) is 20.5. The second-order valence-corrected chi connectivity index (χ2v) is 6.98. The molecule has 152 valence electrons.